The minimum atomic E-state index is -4.44. The summed E-state index contributed by atoms with van der Waals surface area (Å²) in [4.78, 5) is 0. The first-order chi connectivity index (χ1) is 10.2. The van der Waals surface area contributed by atoms with Crippen molar-refractivity contribution in [1.82, 2.24) is 24.9 Å². The predicted octanol–water partition coefficient (Wildman–Crippen LogP) is 2.39. The van der Waals surface area contributed by atoms with Gasteiger partial charge in [-0.1, -0.05) is 0 Å². The molecule has 0 saturated heterocycles. The molecule has 1 N–H and O–H groups in total. The fourth-order valence-corrected chi connectivity index (χ4v) is 2.19. The molecule has 5 nitrogen and oxygen atoms in total. The first-order valence-electron chi connectivity index (χ1n) is 6.76. The molecule has 22 heavy (non-hydrogen) atoms. The zero-order valence-electron chi connectivity index (χ0n) is 12.5. The first-order valence-corrected chi connectivity index (χ1v) is 6.76. The molecule has 2 aromatic rings. The highest BCUT2D eigenvalue weighted by molar-refractivity contribution is 5.18. The number of halogens is 4. The van der Waals surface area contributed by atoms with Gasteiger partial charge in [0.25, 0.3) is 0 Å². The molecule has 0 aliphatic heterocycles. The van der Waals surface area contributed by atoms with Gasteiger partial charge in [0.05, 0.1) is 11.4 Å². The van der Waals surface area contributed by atoms with Crippen LogP contribution in [0.15, 0.2) is 6.07 Å². The van der Waals surface area contributed by atoms with Gasteiger partial charge in [0.2, 0.25) is 5.95 Å². The topological polar surface area (TPSA) is 47.7 Å². The molecule has 122 valence electrons. The molecule has 2 aromatic heterocycles. The van der Waals surface area contributed by atoms with Gasteiger partial charge in [-0.3, -0.25) is 4.68 Å². The Morgan fingerprint density at radius 1 is 1.23 bits per heavy atom. The van der Waals surface area contributed by atoms with Crippen LogP contribution in [0.5, 0.6) is 0 Å². The number of aryl methyl sites for hydroxylation is 3. The fourth-order valence-electron chi connectivity index (χ4n) is 2.19. The molecule has 0 aromatic carbocycles. The van der Waals surface area contributed by atoms with Crippen LogP contribution in [0.2, 0.25) is 0 Å². The fraction of sp³-hybridized carbons (Fsp3) is 0.538. The number of alkyl halides is 3. The van der Waals surface area contributed by atoms with Gasteiger partial charge in [-0.25, -0.2) is 4.68 Å². The maximum absolute atomic E-state index is 13.9. The number of nitrogens with zero attached hydrogens (tertiary/aromatic N) is 4. The minimum Gasteiger partial charge on any atom is -0.307 e. The van der Waals surface area contributed by atoms with E-state index in [0.29, 0.717) is 17.8 Å². The first kappa shape index (κ1) is 16.5. The second-order valence-electron chi connectivity index (χ2n) is 4.92. The van der Waals surface area contributed by atoms with Crippen molar-refractivity contribution in [2.24, 2.45) is 7.05 Å². The largest absolute Gasteiger partial charge is 0.433 e. The molecular formula is C13H17F4N5. The summed E-state index contributed by atoms with van der Waals surface area (Å²) in [6.07, 6.45) is -4.44. The molecular weight excluding hydrogens is 302 g/mol. The second kappa shape index (κ2) is 6.07. The molecule has 9 heteroatoms. The molecule has 0 bridgehead atoms. The van der Waals surface area contributed by atoms with Gasteiger partial charge in [-0.15, -0.1) is 0 Å². The van der Waals surface area contributed by atoms with Gasteiger partial charge in [-0.2, -0.15) is 27.8 Å². The van der Waals surface area contributed by atoms with Gasteiger partial charge < -0.3 is 5.32 Å². The summed E-state index contributed by atoms with van der Waals surface area (Å²) < 4.78 is 53.9. The van der Waals surface area contributed by atoms with Crippen molar-refractivity contribution in [3.05, 3.63) is 34.7 Å². The molecule has 0 amide bonds. The van der Waals surface area contributed by atoms with E-state index in [1.807, 2.05) is 0 Å². The summed E-state index contributed by atoms with van der Waals surface area (Å²) in [7, 11) is 1.24. The average molecular weight is 319 g/mol. The van der Waals surface area contributed by atoms with Crippen LogP contribution in [0.1, 0.15) is 29.6 Å². The molecule has 0 spiro atoms. The third-order valence-corrected chi connectivity index (χ3v) is 3.31. The molecule has 2 heterocycles. The van der Waals surface area contributed by atoms with Gasteiger partial charge >= 0.3 is 6.18 Å². The van der Waals surface area contributed by atoms with Crippen molar-refractivity contribution in [2.45, 2.75) is 39.7 Å². The van der Waals surface area contributed by atoms with Crippen LogP contribution in [0, 0.1) is 12.9 Å². The Kier molecular flexibility index (Phi) is 4.55. The summed E-state index contributed by atoms with van der Waals surface area (Å²) in [5, 5.41) is 10.7. The molecule has 0 unspecified atom stereocenters. The number of nitrogens with one attached hydrogen (secondary N) is 1. The smallest absolute Gasteiger partial charge is 0.307 e. The number of hydrogen-bond acceptors (Lipinski definition) is 3. The van der Waals surface area contributed by atoms with Crippen molar-refractivity contribution in [3.8, 4) is 0 Å². The monoisotopic (exact) mass is 319 g/mol. The highest BCUT2D eigenvalue weighted by Crippen LogP contribution is 2.29. The predicted molar refractivity (Wildman–Crippen MR) is 71.3 cm³/mol. The Morgan fingerprint density at radius 3 is 2.41 bits per heavy atom. The van der Waals surface area contributed by atoms with Crippen LogP contribution < -0.4 is 5.32 Å². The van der Waals surface area contributed by atoms with E-state index < -0.39 is 17.8 Å². The molecule has 0 radical (unpaired) electrons. The maximum Gasteiger partial charge on any atom is 0.433 e. The quantitative estimate of drug-likeness (QED) is 0.861. The van der Waals surface area contributed by atoms with E-state index in [0.717, 1.165) is 10.7 Å². The summed E-state index contributed by atoms with van der Waals surface area (Å²) in [6, 6.07) is 0.978. The van der Waals surface area contributed by atoms with Crippen LogP contribution >= 0.6 is 0 Å². The van der Waals surface area contributed by atoms with E-state index in [-0.39, 0.29) is 18.8 Å². The number of rotatable bonds is 5. The molecule has 0 fully saturated rings. The summed E-state index contributed by atoms with van der Waals surface area (Å²) >= 11 is 0. The lowest BCUT2D eigenvalue weighted by Crippen LogP contribution is -2.15. The zero-order chi connectivity index (χ0) is 16.5. The van der Waals surface area contributed by atoms with Crippen LogP contribution in [-0.2, 0) is 32.9 Å². The lowest BCUT2D eigenvalue weighted by atomic mass is 10.2. The van der Waals surface area contributed by atoms with E-state index in [4.69, 9.17) is 0 Å². The molecule has 2 rings (SSSR count). The number of hydrogen-bond donors (Lipinski definition) is 1. The third kappa shape index (κ3) is 3.29. The zero-order valence-corrected chi connectivity index (χ0v) is 12.5. The van der Waals surface area contributed by atoms with Crippen molar-refractivity contribution in [2.75, 3.05) is 0 Å². The van der Waals surface area contributed by atoms with Crippen molar-refractivity contribution in [3.63, 3.8) is 0 Å². The van der Waals surface area contributed by atoms with Gasteiger partial charge in [0, 0.05) is 32.2 Å². The van der Waals surface area contributed by atoms with Crippen LogP contribution in [-0.4, -0.2) is 19.6 Å². The average Bonchev–Trinajstić information content (AvgIpc) is 2.92. The second-order valence-corrected chi connectivity index (χ2v) is 4.92. The Bertz CT molecular complexity index is 656. The van der Waals surface area contributed by atoms with Crippen molar-refractivity contribution >= 4 is 0 Å². The lowest BCUT2D eigenvalue weighted by Gasteiger charge is -2.04. The van der Waals surface area contributed by atoms with Gasteiger partial charge in [0.15, 0.2) is 0 Å². The molecule has 0 aliphatic rings. The van der Waals surface area contributed by atoms with E-state index >= 15 is 0 Å². The Hall–Kier alpha value is -1.90. The third-order valence-electron chi connectivity index (χ3n) is 3.31. The molecule has 0 atom stereocenters. The number of aromatic nitrogens is 4. The van der Waals surface area contributed by atoms with Crippen molar-refractivity contribution < 1.29 is 17.6 Å². The van der Waals surface area contributed by atoms with Crippen LogP contribution in [0.3, 0.4) is 0 Å². The highest BCUT2D eigenvalue weighted by atomic mass is 19.4. The standard InChI is InChI=1S/C13H17F4N5/c1-4-22-12(14)10(8(2)19-22)7-18-6-9-5-11(13(15,16)17)21(3)20-9/h5,18H,4,6-7H2,1-3H3. The minimum absolute atomic E-state index is 0.111. The Labute approximate surface area is 124 Å². The van der Waals surface area contributed by atoms with Gasteiger partial charge in [-0.05, 0) is 19.9 Å². The SMILES string of the molecule is CCn1nc(C)c(CNCc2cc(C(F)(F)F)n(C)n2)c1F. The van der Waals surface area contributed by atoms with E-state index in [2.05, 4.69) is 15.5 Å². The lowest BCUT2D eigenvalue weighted by molar-refractivity contribution is -0.143. The van der Waals surface area contributed by atoms with Crippen LogP contribution in [0.25, 0.3) is 0 Å². The van der Waals surface area contributed by atoms with E-state index in [9.17, 15) is 17.6 Å². The van der Waals surface area contributed by atoms with Crippen LogP contribution in [0.4, 0.5) is 17.6 Å². The Balaban J connectivity index is 2.02. The summed E-state index contributed by atoms with van der Waals surface area (Å²) in [5.74, 6) is -0.426. The molecule has 0 aliphatic carbocycles. The molecule has 0 saturated carbocycles. The highest BCUT2D eigenvalue weighted by Gasteiger charge is 2.34. The summed E-state index contributed by atoms with van der Waals surface area (Å²) in [5.41, 5.74) is 0.402. The van der Waals surface area contributed by atoms with Crippen molar-refractivity contribution in [1.29, 1.82) is 0 Å². The summed E-state index contributed by atoms with van der Waals surface area (Å²) in [6.45, 7) is 4.17. The Morgan fingerprint density at radius 2 is 1.91 bits per heavy atom. The van der Waals surface area contributed by atoms with Gasteiger partial charge in [0.1, 0.15) is 5.69 Å². The normalized spacial score (nSPS) is 12.1. The maximum atomic E-state index is 13.9. The van der Waals surface area contributed by atoms with E-state index in [1.165, 1.54) is 11.7 Å². The van der Waals surface area contributed by atoms with E-state index in [1.54, 1.807) is 13.8 Å².